The van der Waals surface area contributed by atoms with E-state index in [0.717, 1.165) is 22.3 Å². The first-order valence-electron chi connectivity index (χ1n) is 8.27. The van der Waals surface area contributed by atoms with Crippen LogP contribution in [0, 0.1) is 26.7 Å². The van der Waals surface area contributed by atoms with Crippen LogP contribution in [0.3, 0.4) is 0 Å². The predicted octanol–water partition coefficient (Wildman–Crippen LogP) is 2.18. The van der Waals surface area contributed by atoms with Crippen molar-refractivity contribution in [2.75, 3.05) is 12.3 Å². The summed E-state index contributed by atoms with van der Waals surface area (Å²) in [5.41, 5.74) is 3.86. The van der Waals surface area contributed by atoms with Gasteiger partial charge in [0, 0.05) is 18.9 Å². The highest BCUT2D eigenvalue weighted by Gasteiger charge is 2.42. The zero-order chi connectivity index (χ0) is 18.1. The van der Waals surface area contributed by atoms with Crippen molar-refractivity contribution in [3.63, 3.8) is 0 Å². The van der Waals surface area contributed by atoms with E-state index in [1.807, 2.05) is 32.9 Å². The second-order valence-corrected chi connectivity index (χ2v) is 8.70. The quantitative estimate of drug-likeness (QED) is 0.797. The molecule has 0 amide bonds. The van der Waals surface area contributed by atoms with Crippen LogP contribution in [0.15, 0.2) is 12.1 Å². The first-order chi connectivity index (χ1) is 11.2. The molecule has 0 aromatic heterocycles. The van der Waals surface area contributed by atoms with Gasteiger partial charge in [-0.15, -0.1) is 0 Å². The third-order valence-corrected chi connectivity index (χ3v) is 6.08. The molecule has 2 rings (SSSR count). The van der Waals surface area contributed by atoms with Crippen molar-refractivity contribution < 1.29 is 18.0 Å². The van der Waals surface area contributed by atoms with Crippen LogP contribution in [0.2, 0.25) is 0 Å². The molecular weight excluding hydrogens is 326 g/mol. The number of rotatable bonds is 6. The van der Waals surface area contributed by atoms with E-state index in [2.05, 4.69) is 4.72 Å². The summed E-state index contributed by atoms with van der Waals surface area (Å²) in [4.78, 5) is 25.2. The number of carbonyl (C=O) groups excluding carboxylic acids is 2. The van der Waals surface area contributed by atoms with Gasteiger partial charge in [-0.3, -0.25) is 9.59 Å². The molecule has 1 aliphatic carbocycles. The largest absolute Gasteiger partial charge is 0.298 e. The van der Waals surface area contributed by atoms with Crippen molar-refractivity contribution in [3.05, 3.63) is 34.4 Å². The van der Waals surface area contributed by atoms with Crippen molar-refractivity contribution in [3.8, 4) is 0 Å². The molecule has 132 valence electrons. The highest BCUT2D eigenvalue weighted by atomic mass is 32.2. The number of aryl methyl sites for hydroxylation is 3. The summed E-state index contributed by atoms with van der Waals surface area (Å²) in [5.74, 6) is -1.22. The molecule has 0 spiro atoms. The smallest absolute Gasteiger partial charge is 0.211 e. The molecule has 1 fully saturated rings. The van der Waals surface area contributed by atoms with E-state index in [4.69, 9.17) is 0 Å². The van der Waals surface area contributed by atoms with Crippen molar-refractivity contribution in [1.82, 2.24) is 4.72 Å². The molecule has 1 aromatic carbocycles. The maximum Gasteiger partial charge on any atom is 0.211 e. The Morgan fingerprint density at radius 1 is 1.12 bits per heavy atom. The van der Waals surface area contributed by atoms with Crippen LogP contribution >= 0.6 is 0 Å². The summed E-state index contributed by atoms with van der Waals surface area (Å²) in [5, 5.41) is 0. The van der Waals surface area contributed by atoms with Gasteiger partial charge >= 0.3 is 0 Å². The summed E-state index contributed by atoms with van der Waals surface area (Å²) in [6, 6.07) is 3.98. The van der Waals surface area contributed by atoms with Crippen LogP contribution in [-0.2, 0) is 19.6 Å². The summed E-state index contributed by atoms with van der Waals surface area (Å²) in [6.45, 7) is 7.60. The molecule has 0 saturated heterocycles. The van der Waals surface area contributed by atoms with E-state index in [0.29, 0.717) is 6.42 Å². The maximum absolute atomic E-state index is 12.7. The highest BCUT2D eigenvalue weighted by Crippen LogP contribution is 2.37. The van der Waals surface area contributed by atoms with E-state index >= 15 is 0 Å². The van der Waals surface area contributed by atoms with E-state index in [1.54, 1.807) is 6.92 Å². The van der Waals surface area contributed by atoms with E-state index < -0.39 is 21.9 Å². The van der Waals surface area contributed by atoms with Gasteiger partial charge in [-0.05, 0) is 50.8 Å². The third kappa shape index (κ3) is 3.92. The average molecular weight is 351 g/mol. The number of benzene rings is 1. The molecule has 1 saturated carbocycles. The molecule has 6 heteroatoms. The number of nitrogens with one attached hydrogen (secondary N) is 1. The van der Waals surface area contributed by atoms with E-state index in [9.17, 15) is 18.0 Å². The highest BCUT2D eigenvalue weighted by molar-refractivity contribution is 7.89. The number of Topliss-reactive ketones (excluding diaryl/α,β-unsaturated/α-hetero) is 2. The number of carbonyl (C=O) groups is 2. The minimum Gasteiger partial charge on any atom is -0.298 e. The second kappa shape index (κ2) is 7.15. The van der Waals surface area contributed by atoms with E-state index in [-0.39, 0.29) is 30.3 Å². The summed E-state index contributed by atoms with van der Waals surface area (Å²) >= 11 is 0. The van der Waals surface area contributed by atoms with Gasteiger partial charge in [0.05, 0.1) is 5.75 Å². The Labute approximate surface area is 143 Å². The number of hydrogen-bond acceptors (Lipinski definition) is 4. The normalized spacial score (nSPS) is 21.5. The molecule has 1 aliphatic rings. The SMILES string of the molecule is CCS(=O)(=O)NCCC1CC(=O)C(c2c(C)cc(C)cc2C)C1=O. The lowest BCUT2D eigenvalue weighted by Gasteiger charge is -2.16. The van der Waals surface area contributed by atoms with Gasteiger partial charge in [0.1, 0.15) is 11.7 Å². The Morgan fingerprint density at radius 3 is 2.25 bits per heavy atom. The fourth-order valence-electron chi connectivity index (χ4n) is 3.54. The Kier molecular flexibility index (Phi) is 5.60. The minimum absolute atomic E-state index is 0.00885. The first-order valence-corrected chi connectivity index (χ1v) is 9.93. The lowest BCUT2D eigenvalue weighted by atomic mass is 9.86. The lowest BCUT2D eigenvalue weighted by molar-refractivity contribution is -0.124. The van der Waals surface area contributed by atoms with Gasteiger partial charge < -0.3 is 0 Å². The van der Waals surface area contributed by atoms with Gasteiger partial charge in [0.25, 0.3) is 0 Å². The van der Waals surface area contributed by atoms with Gasteiger partial charge in [0.2, 0.25) is 10.0 Å². The van der Waals surface area contributed by atoms with Crippen LogP contribution in [-0.4, -0.2) is 32.3 Å². The molecular formula is C18H25NO4S. The Bertz CT molecular complexity index is 744. The van der Waals surface area contributed by atoms with Gasteiger partial charge in [-0.25, -0.2) is 13.1 Å². The molecule has 0 radical (unpaired) electrons. The Morgan fingerprint density at radius 2 is 1.71 bits per heavy atom. The predicted molar refractivity (Wildman–Crippen MR) is 93.6 cm³/mol. The average Bonchev–Trinajstić information content (AvgIpc) is 2.74. The summed E-state index contributed by atoms with van der Waals surface area (Å²) < 4.78 is 25.4. The van der Waals surface area contributed by atoms with Crippen molar-refractivity contribution in [2.45, 2.75) is 46.5 Å². The molecule has 1 aromatic rings. The zero-order valence-corrected chi connectivity index (χ0v) is 15.5. The number of sulfonamides is 1. The minimum atomic E-state index is -3.27. The molecule has 0 bridgehead atoms. The monoisotopic (exact) mass is 351 g/mol. The van der Waals surface area contributed by atoms with Crippen LogP contribution in [0.5, 0.6) is 0 Å². The first kappa shape index (κ1) is 18.8. The summed E-state index contributed by atoms with van der Waals surface area (Å²) in [7, 11) is -3.27. The van der Waals surface area contributed by atoms with Crippen LogP contribution < -0.4 is 4.72 Å². The fraction of sp³-hybridized carbons (Fsp3) is 0.556. The van der Waals surface area contributed by atoms with Crippen LogP contribution in [0.1, 0.15) is 47.9 Å². The van der Waals surface area contributed by atoms with Crippen LogP contribution in [0.4, 0.5) is 0 Å². The maximum atomic E-state index is 12.7. The van der Waals surface area contributed by atoms with Crippen molar-refractivity contribution in [1.29, 1.82) is 0 Å². The molecule has 24 heavy (non-hydrogen) atoms. The molecule has 0 heterocycles. The molecule has 1 N–H and O–H groups in total. The van der Waals surface area contributed by atoms with Crippen molar-refractivity contribution in [2.24, 2.45) is 5.92 Å². The van der Waals surface area contributed by atoms with Gasteiger partial charge in [0.15, 0.2) is 5.78 Å². The topological polar surface area (TPSA) is 80.3 Å². The van der Waals surface area contributed by atoms with E-state index in [1.165, 1.54) is 0 Å². The van der Waals surface area contributed by atoms with Gasteiger partial charge in [-0.2, -0.15) is 0 Å². The zero-order valence-electron chi connectivity index (χ0n) is 14.7. The molecule has 5 nitrogen and oxygen atoms in total. The Balaban J connectivity index is 2.15. The standard InChI is InChI=1S/C18H25NO4S/c1-5-24(22,23)19-7-6-14-10-15(20)17(18(14)21)16-12(3)8-11(2)9-13(16)4/h8-9,14,17,19H,5-7,10H2,1-4H3. The molecule has 0 aliphatic heterocycles. The number of ketones is 2. The fourth-order valence-corrected chi connectivity index (χ4v) is 4.17. The molecule has 2 atom stereocenters. The number of hydrogen-bond donors (Lipinski definition) is 1. The Hall–Kier alpha value is -1.53. The second-order valence-electron chi connectivity index (χ2n) is 6.60. The van der Waals surface area contributed by atoms with Crippen molar-refractivity contribution >= 4 is 21.6 Å². The lowest BCUT2D eigenvalue weighted by Crippen LogP contribution is -2.28. The molecule has 2 unspecified atom stereocenters. The van der Waals surface area contributed by atoms with Crippen LogP contribution in [0.25, 0.3) is 0 Å². The van der Waals surface area contributed by atoms with Gasteiger partial charge in [-0.1, -0.05) is 17.7 Å². The summed E-state index contributed by atoms with van der Waals surface area (Å²) in [6.07, 6.45) is 0.564. The third-order valence-electron chi connectivity index (χ3n) is 4.68.